The fourth-order valence-corrected chi connectivity index (χ4v) is 2.61. The first-order valence-corrected chi connectivity index (χ1v) is 7.27. The zero-order chi connectivity index (χ0) is 14.7. The van der Waals surface area contributed by atoms with E-state index in [1.165, 1.54) is 12.8 Å². The van der Waals surface area contributed by atoms with E-state index >= 15 is 0 Å². The van der Waals surface area contributed by atoms with E-state index in [1.54, 1.807) is 24.8 Å². The summed E-state index contributed by atoms with van der Waals surface area (Å²) in [5.74, 6) is 0.499. The van der Waals surface area contributed by atoms with Gasteiger partial charge < -0.3 is 5.32 Å². The number of aryl methyl sites for hydroxylation is 1. The van der Waals surface area contributed by atoms with Crippen molar-refractivity contribution in [3.63, 3.8) is 0 Å². The standard InChI is InChI=1S/C16H18N4O/c1-11-6-12(8-17-7-11)15-18-9-13(10-19-15)16(21)20-14-4-2-3-5-14/h6-10,14H,2-5H2,1H3,(H,20,21). The largest absolute Gasteiger partial charge is 0.349 e. The van der Waals surface area contributed by atoms with E-state index in [4.69, 9.17) is 0 Å². The monoisotopic (exact) mass is 282 g/mol. The Morgan fingerprint density at radius 2 is 1.86 bits per heavy atom. The maximum absolute atomic E-state index is 12.1. The second-order valence-corrected chi connectivity index (χ2v) is 5.50. The van der Waals surface area contributed by atoms with Crippen LogP contribution in [-0.2, 0) is 0 Å². The molecule has 2 heterocycles. The van der Waals surface area contributed by atoms with Crippen LogP contribution in [0, 0.1) is 6.92 Å². The highest BCUT2D eigenvalue weighted by Crippen LogP contribution is 2.18. The molecule has 1 saturated carbocycles. The molecule has 3 rings (SSSR count). The van der Waals surface area contributed by atoms with E-state index in [2.05, 4.69) is 20.3 Å². The predicted molar refractivity (Wildman–Crippen MR) is 79.7 cm³/mol. The van der Waals surface area contributed by atoms with Gasteiger partial charge >= 0.3 is 0 Å². The number of nitrogens with zero attached hydrogens (tertiary/aromatic N) is 3. The van der Waals surface area contributed by atoms with E-state index in [0.717, 1.165) is 24.0 Å². The summed E-state index contributed by atoms with van der Waals surface area (Å²) in [6.07, 6.45) is 11.2. The number of nitrogens with one attached hydrogen (secondary N) is 1. The zero-order valence-corrected chi connectivity index (χ0v) is 12.0. The highest BCUT2D eigenvalue weighted by Gasteiger charge is 2.18. The van der Waals surface area contributed by atoms with Crippen LogP contribution in [0.25, 0.3) is 11.4 Å². The molecule has 0 bridgehead atoms. The molecule has 0 aliphatic heterocycles. The topological polar surface area (TPSA) is 67.8 Å². The number of amides is 1. The van der Waals surface area contributed by atoms with Crippen molar-refractivity contribution in [3.05, 3.63) is 42.0 Å². The van der Waals surface area contributed by atoms with Crippen LogP contribution in [0.5, 0.6) is 0 Å². The maximum Gasteiger partial charge on any atom is 0.254 e. The molecule has 2 aromatic heterocycles. The van der Waals surface area contributed by atoms with Crippen LogP contribution in [0.3, 0.4) is 0 Å². The average Bonchev–Trinajstić information content (AvgIpc) is 3.00. The Labute approximate surface area is 123 Å². The van der Waals surface area contributed by atoms with Gasteiger partial charge in [0.1, 0.15) is 0 Å². The van der Waals surface area contributed by atoms with Crippen LogP contribution in [0.2, 0.25) is 0 Å². The van der Waals surface area contributed by atoms with Crippen LogP contribution in [0.4, 0.5) is 0 Å². The number of carbonyl (C=O) groups excluding carboxylic acids is 1. The molecule has 1 amide bonds. The van der Waals surface area contributed by atoms with E-state index < -0.39 is 0 Å². The molecule has 0 atom stereocenters. The second-order valence-electron chi connectivity index (χ2n) is 5.50. The Balaban J connectivity index is 1.72. The molecule has 1 fully saturated rings. The highest BCUT2D eigenvalue weighted by atomic mass is 16.1. The molecule has 1 N–H and O–H groups in total. The summed E-state index contributed by atoms with van der Waals surface area (Å²) in [7, 11) is 0. The van der Waals surface area contributed by atoms with Crippen molar-refractivity contribution in [2.24, 2.45) is 0 Å². The van der Waals surface area contributed by atoms with Gasteiger partial charge in [0.15, 0.2) is 5.82 Å². The lowest BCUT2D eigenvalue weighted by Gasteiger charge is -2.11. The molecule has 2 aromatic rings. The minimum absolute atomic E-state index is 0.0872. The minimum atomic E-state index is -0.0872. The summed E-state index contributed by atoms with van der Waals surface area (Å²) in [5, 5.41) is 3.03. The summed E-state index contributed by atoms with van der Waals surface area (Å²) in [6.45, 7) is 1.97. The molecular weight excluding hydrogens is 264 g/mol. The quantitative estimate of drug-likeness (QED) is 0.939. The summed E-state index contributed by atoms with van der Waals surface area (Å²) in [6, 6.07) is 2.28. The lowest BCUT2D eigenvalue weighted by molar-refractivity contribution is 0.0937. The fourth-order valence-electron chi connectivity index (χ4n) is 2.61. The van der Waals surface area contributed by atoms with Gasteiger partial charge in [-0.3, -0.25) is 9.78 Å². The second kappa shape index (κ2) is 5.99. The van der Waals surface area contributed by atoms with Crippen molar-refractivity contribution in [1.29, 1.82) is 0 Å². The van der Waals surface area contributed by atoms with Crippen LogP contribution in [-0.4, -0.2) is 26.9 Å². The first-order valence-electron chi connectivity index (χ1n) is 7.27. The minimum Gasteiger partial charge on any atom is -0.349 e. The van der Waals surface area contributed by atoms with Crippen LogP contribution < -0.4 is 5.32 Å². The number of hydrogen-bond donors (Lipinski definition) is 1. The van der Waals surface area contributed by atoms with Gasteiger partial charge in [-0.25, -0.2) is 9.97 Å². The number of pyridine rings is 1. The van der Waals surface area contributed by atoms with Gasteiger partial charge in [0, 0.05) is 36.4 Å². The Kier molecular flexibility index (Phi) is 3.90. The number of aromatic nitrogens is 3. The van der Waals surface area contributed by atoms with Gasteiger partial charge in [-0.05, 0) is 31.4 Å². The van der Waals surface area contributed by atoms with Gasteiger partial charge in [0.25, 0.3) is 5.91 Å². The number of rotatable bonds is 3. The smallest absolute Gasteiger partial charge is 0.254 e. The van der Waals surface area contributed by atoms with Gasteiger partial charge in [-0.2, -0.15) is 0 Å². The Morgan fingerprint density at radius 3 is 2.52 bits per heavy atom. The average molecular weight is 282 g/mol. The molecule has 1 aliphatic carbocycles. The molecule has 0 unspecified atom stereocenters. The molecule has 0 saturated heterocycles. The number of carbonyl (C=O) groups is 1. The Morgan fingerprint density at radius 1 is 1.14 bits per heavy atom. The van der Waals surface area contributed by atoms with Crippen molar-refractivity contribution in [2.75, 3.05) is 0 Å². The lowest BCUT2D eigenvalue weighted by atomic mass is 10.2. The summed E-state index contributed by atoms with van der Waals surface area (Å²) >= 11 is 0. The molecule has 0 radical (unpaired) electrons. The van der Waals surface area contributed by atoms with Crippen LogP contribution >= 0.6 is 0 Å². The molecule has 5 nitrogen and oxygen atoms in total. The maximum atomic E-state index is 12.1. The molecule has 5 heteroatoms. The third-order valence-corrected chi connectivity index (χ3v) is 3.74. The highest BCUT2D eigenvalue weighted by molar-refractivity contribution is 5.93. The predicted octanol–water partition coefficient (Wildman–Crippen LogP) is 2.52. The van der Waals surface area contributed by atoms with Gasteiger partial charge in [-0.15, -0.1) is 0 Å². The Hall–Kier alpha value is -2.30. The molecule has 21 heavy (non-hydrogen) atoms. The van der Waals surface area contributed by atoms with Crippen LogP contribution in [0.1, 0.15) is 41.6 Å². The van der Waals surface area contributed by atoms with E-state index in [9.17, 15) is 4.79 Å². The SMILES string of the molecule is Cc1cncc(-c2ncc(C(=O)NC3CCCC3)cn2)c1. The van der Waals surface area contributed by atoms with Gasteiger partial charge in [0.05, 0.1) is 5.56 Å². The third kappa shape index (κ3) is 3.24. The van der Waals surface area contributed by atoms with Gasteiger partial charge in [-0.1, -0.05) is 12.8 Å². The van der Waals surface area contributed by atoms with E-state index in [1.807, 2.05) is 13.0 Å². The summed E-state index contributed by atoms with van der Waals surface area (Å²) in [5.41, 5.74) is 2.42. The summed E-state index contributed by atoms with van der Waals surface area (Å²) in [4.78, 5) is 24.8. The molecule has 0 aromatic carbocycles. The van der Waals surface area contributed by atoms with Crippen molar-refractivity contribution >= 4 is 5.91 Å². The van der Waals surface area contributed by atoms with Crippen molar-refractivity contribution in [3.8, 4) is 11.4 Å². The normalized spacial score (nSPS) is 15.1. The van der Waals surface area contributed by atoms with Gasteiger partial charge in [0.2, 0.25) is 0 Å². The molecular formula is C16H18N4O. The van der Waals surface area contributed by atoms with Crippen LogP contribution in [0.15, 0.2) is 30.9 Å². The lowest BCUT2D eigenvalue weighted by Crippen LogP contribution is -2.32. The van der Waals surface area contributed by atoms with E-state index in [-0.39, 0.29) is 5.91 Å². The number of hydrogen-bond acceptors (Lipinski definition) is 4. The first-order chi connectivity index (χ1) is 10.2. The van der Waals surface area contributed by atoms with Crippen molar-refractivity contribution < 1.29 is 4.79 Å². The summed E-state index contributed by atoms with van der Waals surface area (Å²) < 4.78 is 0. The fraction of sp³-hybridized carbons (Fsp3) is 0.375. The molecule has 108 valence electrons. The molecule has 0 spiro atoms. The third-order valence-electron chi connectivity index (χ3n) is 3.74. The first kappa shape index (κ1) is 13.7. The van der Waals surface area contributed by atoms with Crippen molar-refractivity contribution in [2.45, 2.75) is 38.6 Å². The van der Waals surface area contributed by atoms with E-state index in [0.29, 0.717) is 17.4 Å². The zero-order valence-electron chi connectivity index (χ0n) is 12.0. The van der Waals surface area contributed by atoms with Crippen molar-refractivity contribution in [1.82, 2.24) is 20.3 Å². The Bertz CT molecular complexity index is 633. The molecule has 1 aliphatic rings.